The fourth-order valence-corrected chi connectivity index (χ4v) is 3.77. The molecule has 1 aromatic rings. The summed E-state index contributed by atoms with van der Waals surface area (Å²) in [4.78, 5) is 0. The van der Waals surface area contributed by atoms with Gasteiger partial charge in [0.25, 0.3) is 0 Å². The van der Waals surface area contributed by atoms with E-state index in [1.807, 2.05) is 0 Å². The predicted molar refractivity (Wildman–Crippen MR) is 78.7 cm³/mol. The molecule has 1 aromatic carbocycles. The Morgan fingerprint density at radius 1 is 1.10 bits per heavy atom. The number of rotatable bonds is 4. The van der Waals surface area contributed by atoms with Crippen LogP contribution in [-0.4, -0.2) is 0 Å². The lowest BCUT2D eigenvalue weighted by molar-refractivity contribution is -0.137. The van der Waals surface area contributed by atoms with Crippen LogP contribution < -0.4 is 5.73 Å². The molecule has 2 rings (SSSR count). The monoisotopic (exact) mass is 299 g/mol. The van der Waals surface area contributed by atoms with Crippen molar-refractivity contribution in [1.29, 1.82) is 0 Å². The second kappa shape index (κ2) is 5.99. The molecule has 0 radical (unpaired) electrons. The fourth-order valence-electron chi connectivity index (χ4n) is 3.77. The standard InChI is InChI=1S/C17H24F3N/c1-12(2)11-16(9-3-4-10-16)15(21)13-5-7-14(8-6-13)17(18,19)20/h5-8,12,15H,3-4,9-11,21H2,1-2H3. The summed E-state index contributed by atoms with van der Waals surface area (Å²) >= 11 is 0. The van der Waals surface area contributed by atoms with E-state index in [4.69, 9.17) is 5.73 Å². The van der Waals surface area contributed by atoms with Crippen LogP contribution in [0, 0.1) is 11.3 Å². The average Bonchev–Trinajstić information content (AvgIpc) is 2.86. The molecule has 1 aliphatic rings. The molecule has 0 amide bonds. The molecule has 1 unspecified atom stereocenters. The summed E-state index contributed by atoms with van der Waals surface area (Å²) in [5.74, 6) is 0.545. The minimum Gasteiger partial charge on any atom is -0.323 e. The van der Waals surface area contributed by atoms with Crippen LogP contribution in [0.25, 0.3) is 0 Å². The molecule has 0 spiro atoms. The largest absolute Gasteiger partial charge is 0.416 e. The Balaban J connectivity index is 2.23. The van der Waals surface area contributed by atoms with E-state index in [0.29, 0.717) is 5.92 Å². The van der Waals surface area contributed by atoms with Gasteiger partial charge in [-0.15, -0.1) is 0 Å². The third-order valence-electron chi connectivity index (χ3n) is 4.67. The second-order valence-electron chi connectivity index (χ2n) is 6.76. The van der Waals surface area contributed by atoms with Gasteiger partial charge in [-0.1, -0.05) is 38.8 Å². The zero-order valence-corrected chi connectivity index (χ0v) is 12.7. The van der Waals surface area contributed by atoms with E-state index in [-0.39, 0.29) is 11.5 Å². The lowest BCUT2D eigenvalue weighted by Gasteiger charge is -2.37. The van der Waals surface area contributed by atoms with Gasteiger partial charge in [-0.05, 0) is 48.3 Å². The molecule has 1 nitrogen and oxygen atoms in total. The summed E-state index contributed by atoms with van der Waals surface area (Å²) in [5, 5.41) is 0. The van der Waals surface area contributed by atoms with E-state index in [1.54, 1.807) is 12.1 Å². The maximum Gasteiger partial charge on any atom is 0.416 e. The summed E-state index contributed by atoms with van der Waals surface area (Å²) in [6.07, 6.45) is 1.24. The van der Waals surface area contributed by atoms with Gasteiger partial charge in [0.05, 0.1) is 5.56 Å². The number of nitrogens with two attached hydrogens (primary N) is 1. The molecule has 0 heterocycles. The van der Waals surface area contributed by atoms with E-state index in [9.17, 15) is 13.2 Å². The zero-order valence-electron chi connectivity index (χ0n) is 12.7. The van der Waals surface area contributed by atoms with Crippen molar-refractivity contribution in [3.8, 4) is 0 Å². The van der Waals surface area contributed by atoms with Crippen molar-refractivity contribution < 1.29 is 13.2 Å². The summed E-state index contributed by atoms with van der Waals surface area (Å²) < 4.78 is 37.9. The van der Waals surface area contributed by atoms with E-state index in [2.05, 4.69) is 13.8 Å². The van der Waals surface area contributed by atoms with E-state index in [0.717, 1.165) is 37.0 Å². The third kappa shape index (κ3) is 3.60. The molecule has 0 bridgehead atoms. The Kier molecular flexibility index (Phi) is 4.66. The van der Waals surface area contributed by atoms with E-state index >= 15 is 0 Å². The van der Waals surface area contributed by atoms with Crippen LogP contribution in [0.2, 0.25) is 0 Å². The Morgan fingerprint density at radius 2 is 1.62 bits per heavy atom. The number of hydrogen-bond donors (Lipinski definition) is 1. The Hall–Kier alpha value is -1.03. The maximum absolute atomic E-state index is 12.6. The lowest BCUT2D eigenvalue weighted by Crippen LogP contribution is -2.33. The van der Waals surface area contributed by atoms with Crippen LogP contribution >= 0.6 is 0 Å². The van der Waals surface area contributed by atoms with Gasteiger partial charge in [0, 0.05) is 6.04 Å². The van der Waals surface area contributed by atoms with Gasteiger partial charge in [0.15, 0.2) is 0 Å². The molecule has 2 N–H and O–H groups in total. The highest BCUT2D eigenvalue weighted by atomic mass is 19.4. The highest BCUT2D eigenvalue weighted by Gasteiger charge is 2.40. The summed E-state index contributed by atoms with van der Waals surface area (Å²) in [6.45, 7) is 4.36. The minimum atomic E-state index is -4.29. The van der Waals surface area contributed by atoms with Gasteiger partial charge in [-0.25, -0.2) is 0 Å². The second-order valence-corrected chi connectivity index (χ2v) is 6.76. The molecule has 21 heavy (non-hydrogen) atoms. The molecule has 118 valence electrons. The molecule has 0 aliphatic heterocycles. The number of benzene rings is 1. The van der Waals surface area contributed by atoms with Crippen LogP contribution in [0.15, 0.2) is 24.3 Å². The highest BCUT2D eigenvalue weighted by molar-refractivity contribution is 5.28. The van der Waals surface area contributed by atoms with Crippen LogP contribution in [0.5, 0.6) is 0 Å². The summed E-state index contributed by atoms with van der Waals surface area (Å²) in [7, 11) is 0. The van der Waals surface area contributed by atoms with E-state index in [1.165, 1.54) is 12.8 Å². The van der Waals surface area contributed by atoms with Crippen molar-refractivity contribution in [1.82, 2.24) is 0 Å². The lowest BCUT2D eigenvalue weighted by atomic mass is 9.71. The molecular weight excluding hydrogens is 275 g/mol. The Bertz CT molecular complexity index is 456. The molecule has 1 aliphatic carbocycles. The van der Waals surface area contributed by atoms with Crippen molar-refractivity contribution in [2.75, 3.05) is 0 Å². The van der Waals surface area contributed by atoms with Crippen LogP contribution in [0.3, 0.4) is 0 Å². The van der Waals surface area contributed by atoms with Crippen molar-refractivity contribution in [2.45, 2.75) is 58.2 Å². The summed E-state index contributed by atoms with van der Waals surface area (Å²) in [5.41, 5.74) is 6.73. The molecule has 1 saturated carbocycles. The maximum atomic E-state index is 12.6. The molecule has 1 atom stereocenters. The molecule has 0 saturated heterocycles. The van der Waals surface area contributed by atoms with Crippen molar-refractivity contribution in [2.24, 2.45) is 17.1 Å². The summed E-state index contributed by atoms with van der Waals surface area (Å²) in [6, 6.07) is 5.21. The minimum absolute atomic E-state index is 0.0495. The van der Waals surface area contributed by atoms with Gasteiger partial charge >= 0.3 is 6.18 Å². The fraction of sp³-hybridized carbons (Fsp3) is 0.647. The normalized spacial score (nSPS) is 20.0. The van der Waals surface area contributed by atoms with Crippen molar-refractivity contribution in [3.63, 3.8) is 0 Å². The quantitative estimate of drug-likeness (QED) is 0.801. The van der Waals surface area contributed by atoms with Gasteiger partial charge in [0.2, 0.25) is 0 Å². The topological polar surface area (TPSA) is 26.0 Å². The first kappa shape index (κ1) is 16.3. The van der Waals surface area contributed by atoms with Gasteiger partial charge in [-0.3, -0.25) is 0 Å². The Labute approximate surface area is 124 Å². The van der Waals surface area contributed by atoms with E-state index < -0.39 is 11.7 Å². The van der Waals surface area contributed by atoms with Gasteiger partial charge in [0.1, 0.15) is 0 Å². The molecule has 1 fully saturated rings. The average molecular weight is 299 g/mol. The van der Waals surface area contributed by atoms with Gasteiger partial charge in [-0.2, -0.15) is 13.2 Å². The smallest absolute Gasteiger partial charge is 0.323 e. The SMILES string of the molecule is CC(C)CC1(C(N)c2ccc(C(F)(F)F)cc2)CCCC1. The predicted octanol–water partition coefficient (Wildman–Crippen LogP) is 5.31. The molecule has 4 heteroatoms. The number of halogens is 3. The van der Waals surface area contributed by atoms with Gasteiger partial charge < -0.3 is 5.73 Å². The first-order valence-corrected chi connectivity index (χ1v) is 7.67. The van der Waals surface area contributed by atoms with Crippen LogP contribution in [0.4, 0.5) is 13.2 Å². The zero-order chi connectivity index (χ0) is 15.7. The first-order chi connectivity index (χ1) is 9.74. The van der Waals surface area contributed by atoms with Crippen molar-refractivity contribution in [3.05, 3.63) is 35.4 Å². The van der Waals surface area contributed by atoms with Crippen LogP contribution in [-0.2, 0) is 6.18 Å². The third-order valence-corrected chi connectivity index (χ3v) is 4.67. The number of hydrogen-bond acceptors (Lipinski definition) is 1. The van der Waals surface area contributed by atoms with Crippen LogP contribution in [0.1, 0.15) is 63.1 Å². The number of alkyl halides is 3. The first-order valence-electron chi connectivity index (χ1n) is 7.67. The molecule has 0 aromatic heterocycles. The Morgan fingerprint density at radius 3 is 2.05 bits per heavy atom. The van der Waals surface area contributed by atoms with Crippen molar-refractivity contribution >= 4 is 0 Å². The molecular formula is C17H24F3N. The highest BCUT2D eigenvalue weighted by Crippen LogP contribution is 2.50.